The summed E-state index contributed by atoms with van der Waals surface area (Å²) >= 11 is 0. The van der Waals surface area contributed by atoms with Gasteiger partial charge in [0, 0.05) is 30.6 Å². The van der Waals surface area contributed by atoms with E-state index >= 15 is 0 Å². The van der Waals surface area contributed by atoms with Gasteiger partial charge in [0.05, 0.1) is 0 Å². The predicted molar refractivity (Wildman–Crippen MR) is 293 cm³/mol. The van der Waals surface area contributed by atoms with E-state index < -0.39 is 0 Å². The summed E-state index contributed by atoms with van der Waals surface area (Å²) in [4.78, 5) is 15.9. The number of allylic oxidation sites excluding steroid dienone is 2. The maximum absolute atomic E-state index is 13.1. The Labute approximate surface area is 406 Å². The zero-order valence-electron chi connectivity index (χ0n) is 45.8. The van der Waals surface area contributed by atoms with Crippen LogP contribution in [0.3, 0.4) is 0 Å². The fourth-order valence-electron chi connectivity index (χ4n) is 9.92. The zero-order valence-corrected chi connectivity index (χ0v) is 45.8. The number of rotatable bonds is 51. The van der Waals surface area contributed by atoms with Crippen molar-refractivity contribution in [1.82, 2.24) is 10.2 Å². The molecule has 0 saturated heterocycles. The van der Waals surface area contributed by atoms with Crippen LogP contribution in [-0.4, -0.2) is 36.9 Å². The van der Waals surface area contributed by atoms with Gasteiger partial charge in [0.15, 0.2) is 0 Å². The number of unbranched alkanes of at least 4 members (excludes halogenated alkanes) is 26. The summed E-state index contributed by atoms with van der Waals surface area (Å²) in [7, 11) is 2.10. The third-order valence-electron chi connectivity index (χ3n) is 14.2. The van der Waals surface area contributed by atoms with E-state index in [0.29, 0.717) is 17.7 Å². The molecule has 3 nitrogen and oxygen atoms in total. The van der Waals surface area contributed by atoms with Crippen LogP contribution in [0.5, 0.6) is 0 Å². The zero-order chi connectivity index (χ0) is 47.6. The molecule has 382 valence electrons. The third-order valence-corrected chi connectivity index (χ3v) is 14.2. The predicted octanol–water partition coefficient (Wildman–Crippen LogP) is 20.6. The molecule has 3 unspecified atom stereocenters. The summed E-state index contributed by atoms with van der Waals surface area (Å²) in [5, 5.41) is 3.42. The van der Waals surface area contributed by atoms with Crippen molar-refractivity contribution in [2.45, 2.75) is 331 Å². The number of Topliss-reactive ketones (excluding diaryl/α,β-unsaturated/α-hetero) is 1. The van der Waals surface area contributed by atoms with E-state index in [-0.39, 0.29) is 0 Å². The molecule has 3 heteroatoms. The van der Waals surface area contributed by atoms with Gasteiger partial charge in [0.2, 0.25) is 0 Å². The van der Waals surface area contributed by atoms with Crippen molar-refractivity contribution in [3.05, 3.63) is 24.4 Å². The lowest BCUT2D eigenvalue weighted by atomic mass is 9.88. The van der Waals surface area contributed by atoms with Crippen LogP contribution in [0.15, 0.2) is 24.4 Å². The van der Waals surface area contributed by atoms with Crippen LogP contribution in [-0.2, 0) is 4.79 Å². The maximum atomic E-state index is 13.1. The van der Waals surface area contributed by atoms with Gasteiger partial charge in [-0.05, 0) is 96.6 Å². The topological polar surface area (TPSA) is 32.3 Å². The maximum Gasteiger partial charge on any atom is 0.135 e. The average Bonchev–Trinajstić information content (AvgIpc) is 3.29. The SMILES string of the molecule is C=C(CCCCCCCCCCC(CCCCCCCCCCC(=O)C(CCCC)CCCCCC)N(CCCNC)C(=C)CCCCCCCC)C(CC)CCCCCC.CCC. The lowest BCUT2D eigenvalue weighted by Gasteiger charge is -2.36. The first kappa shape index (κ1) is 65.0. The molecule has 0 aliphatic rings. The molecule has 0 amide bonds. The van der Waals surface area contributed by atoms with E-state index in [1.165, 1.54) is 262 Å². The molecule has 0 aliphatic heterocycles. The van der Waals surface area contributed by atoms with Crippen LogP contribution in [0.25, 0.3) is 0 Å². The molecule has 0 aromatic rings. The molecule has 0 bridgehead atoms. The minimum Gasteiger partial charge on any atom is -0.372 e. The number of ketones is 1. The van der Waals surface area contributed by atoms with Crippen LogP contribution in [0.4, 0.5) is 0 Å². The number of carbonyl (C=O) groups excluding carboxylic acids is 1. The van der Waals surface area contributed by atoms with Crippen molar-refractivity contribution in [1.29, 1.82) is 0 Å². The van der Waals surface area contributed by atoms with E-state index in [0.717, 1.165) is 44.7 Å². The largest absolute Gasteiger partial charge is 0.372 e. The average molecular weight is 900 g/mol. The quantitative estimate of drug-likeness (QED) is 0.0488. The highest BCUT2D eigenvalue weighted by molar-refractivity contribution is 5.80. The molecule has 3 atom stereocenters. The molecule has 0 heterocycles. The number of nitrogens with zero attached hydrogens (tertiary/aromatic N) is 1. The van der Waals surface area contributed by atoms with Crippen LogP contribution in [0, 0.1) is 11.8 Å². The van der Waals surface area contributed by atoms with Crippen molar-refractivity contribution >= 4 is 5.78 Å². The van der Waals surface area contributed by atoms with Gasteiger partial charge in [-0.1, -0.05) is 260 Å². The van der Waals surface area contributed by atoms with Gasteiger partial charge in [-0.3, -0.25) is 4.79 Å². The Balaban J connectivity index is 0. The summed E-state index contributed by atoms with van der Waals surface area (Å²) in [5.74, 6) is 1.67. The molecule has 64 heavy (non-hydrogen) atoms. The first-order valence-electron chi connectivity index (χ1n) is 29.6. The van der Waals surface area contributed by atoms with E-state index in [2.05, 4.69) is 72.3 Å². The van der Waals surface area contributed by atoms with Crippen molar-refractivity contribution in [2.75, 3.05) is 20.1 Å². The number of carbonyl (C=O) groups is 1. The Morgan fingerprint density at radius 3 is 1.23 bits per heavy atom. The molecule has 1 N–H and O–H groups in total. The molecule has 0 saturated carbocycles. The van der Waals surface area contributed by atoms with Crippen LogP contribution in [0.2, 0.25) is 0 Å². The van der Waals surface area contributed by atoms with Crippen LogP contribution < -0.4 is 5.32 Å². The standard InChI is InChI=1S/C58H114N2O.C3H8/c1-9-14-18-21-31-36-44-54(7)60(52-42-51-59-8)57(48-39-32-27-23-22-26-30-35-43-53(6)55(13-5)46-37-19-15-10-2)49-40-33-28-24-25-29-34-41-50-58(61)56(45-17-12-4)47-38-20-16-11-3;1-3-2/h55-57,59H,6-7,9-52H2,1-5,8H3;3H2,1-2H3. The summed E-state index contributed by atoms with van der Waals surface area (Å²) < 4.78 is 0. The molecule has 0 fully saturated rings. The first-order valence-corrected chi connectivity index (χ1v) is 29.6. The van der Waals surface area contributed by atoms with Gasteiger partial charge in [0.25, 0.3) is 0 Å². The Kier molecular flexibility index (Phi) is 53.7. The Morgan fingerprint density at radius 2 is 0.781 bits per heavy atom. The van der Waals surface area contributed by atoms with Gasteiger partial charge in [-0.15, -0.1) is 0 Å². The third kappa shape index (κ3) is 42.3. The second kappa shape index (κ2) is 52.9. The highest BCUT2D eigenvalue weighted by Crippen LogP contribution is 2.28. The van der Waals surface area contributed by atoms with Crippen LogP contribution in [0.1, 0.15) is 325 Å². The van der Waals surface area contributed by atoms with Gasteiger partial charge >= 0.3 is 0 Å². The minimum absolute atomic E-state index is 0.340. The fraction of sp³-hybridized carbons (Fsp3) is 0.918. The summed E-state index contributed by atoms with van der Waals surface area (Å²) in [6.07, 6.45) is 56.0. The van der Waals surface area contributed by atoms with Gasteiger partial charge < -0.3 is 10.2 Å². The van der Waals surface area contributed by atoms with E-state index in [4.69, 9.17) is 6.58 Å². The highest BCUT2D eigenvalue weighted by Gasteiger charge is 2.20. The van der Waals surface area contributed by atoms with Crippen molar-refractivity contribution in [3.63, 3.8) is 0 Å². The van der Waals surface area contributed by atoms with Gasteiger partial charge in [-0.25, -0.2) is 0 Å². The molecule has 0 aromatic heterocycles. The first-order chi connectivity index (χ1) is 31.3. The van der Waals surface area contributed by atoms with Crippen molar-refractivity contribution in [3.8, 4) is 0 Å². The molecule has 0 aliphatic carbocycles. The fourth-order valence-corrected chi connectivity index (χ4v) is 9.92. The summed E-state index contributed by atoms with van der Waals surface area (Å²) in [6.45, 7) is 27.3. The molecule has 0 rings (SSSR count). The molecular formula is C61H122N2O. The van der Waals surface area contributed by atoms with Crippen molar-refractivity contribution in [2.24, 2.45) is 11.8 Å². The normalized spacial score (nSPS) is 12.8. The number of nitrogens with one attached hydrogen (secondary N) is 1. The van der Waals surface area contributed by atoms with E-state index in [9.17, 15) is 4.79 Å². The lowest BCUT2D eigenvalue weighted by molar-refractivity contribution is -0.123. The Morgan fingerprint density at radius 1 is 0.422 bits per heavy atom. The second-order valence-corrected chi connectivity index (χ2v) is 20.6. The van der Waals surface area contributed by atoms with E-state index in [1.54, 1.807) is 0 Å². The number of hydrogen-bond donors (Lipinski definition) is 1. The highest BCUT2D eigenvalue weighted by atomic mass is 16.1. The Bertz CT molecular complexity index is 958. The molecular weight excluding hydrogens is 777 g/mol. The summed E-state index contributed by atoms with van der Waals surface area (Å²) in [5.41, 5.74) is 2.96. The van der Waals surface area contributed by atoms with Crippen LogP contribution >= 0.6 is 0 Å². The number of hydrogen-bond acceptors (Lipinski definition) is 3. The Hall–Kier alpha value is -1.09. The molecule has 0 aromatic carbocycles. The second-order valence-electron chi connectivity index (χ2n) is 20.6. The van der Waals surface area contributed by atoms with Gasteiger partial charge in [-0.2, -0.15) is 0 Å². The van der Waals surface area contributed by atoms with E-state index in [1.807, 2.05) is 0 Å². The lowest BCUT2D eigenvalue weighted by Crippen LogP contribution is -2.36. The molecule has 0 radical (unpaired) electrons. The van der Waals surface area contributed by atoms with Gasteiger partial charge in [0.1, 0.15) is 5.78 Å². The minimum atomic E-state index is 0.340. The molecule has 0 spiro atoms. The monoisotopic (exact) mass is 899 g/mol. The summed E-state index contributed by atoms with van der Waals surface area (Å²) in [6, 6.07) is 0.654. The smallest absolute Gasteiger partial charge is 0.135 e. The van der Waals surface area contributed by atoms with Crippen molar-refractivity contribution < 1.29 is 4.79 Å².